The highest BCUT2D eigenvalue weighted by Gasteiger charge is 2.96. The van der Waals surface area contributed by atoms with Crippen LogP contribution in [0.15, 0.2) is 18.2 Å². The summed E-state index contributed by atoms with van der Waals surface area (Å²) >= 11 is 0. The predicted octanol–water partition coefficient (Wildman–Crippen LogP) is 10.9. The molecule has 0 spiro atoms. The van der Waals surface area contributed by atoms with Gasteiger partial charge in [-0.2, -0.15) is 83.4 Å². The summed E-state index contributed by atoms with van der Waals surface area (Å²) in [5.41, 5.74) is 0.492. The van der Waals surface area contributed by atoms with Crippen molar-refractivity contribution in [2.45, 2.75) is 112 Å². The molecule has 2 rings (SSSR count). The molecule has 0 atom stereocenters. The second kappa shape index (κ2) is 13.4. The molecule has 0 N–H and O–H groups in total. The van der Waals surface area contributed by atoms with Crippen LogP contribution in [-0.4, -0.2) is 59.5 Å². The number of halogens is 20. The first kappa shape index (κ1) is 42.5. The van der Waals surface area contributed by atoms with E-state index in [2.05, 4.69) is 0 Å². The number of hydrogen-bond donors (Lipinski definition) is 0. The van der Waals surface area contributed by atoms with Gasteiger partial charge in [-0.3, -0.25) is 4.79 Å². The standard InChI is InChI=1S/C27H24F20O2/c1-2-3-4-5-13-6-11-17(16(28)12-13)49-18(48)14-7-9-15(10-8-14)19(29,30)20(31,32)21(33,34)22(35,36)23(37,38)24(39,40)25(41,42)26(43,44)27(45,46)47/h6,11-12,14-15H,2-5,7-10H2,1H3/t14-,15-. The molecule has 1 aliphatic carbocycles. The number of ether oxygens (including phenoxy) is 1. The lowest BCUT2D eigenvalue weighted by molar-refractivity contribution is -0.470. The Morgan fingerprint density at radius 1 is 0.633 bits per heavy atom. The van der Waals surface area contributed by atoms with Crippen LogP contribution in [0.1, 0.15) is 57.4 Å². The first-order valence-electron chi connectivity index (χ1n) is 13.9. The van der Waals surface area contributed by atoms with E-state index in [1.165, 1.54) is 6.07 Å². The first-order chi connectivity index (χ1) is 21.8. The van der Waals surface area contributed by atoms with Gasteiger partial charge in [-0.15, -0.1) is 0 Å². The third kappa shape index (κ3) is 6.85. The quantitative estimate of drug-likeness (QED) is 0.0817. The van der Waals surface area contributed by atoms with Crippen LogP contribution in [0.2, 0.25) is 0 Å². The zero-order chi connectivity index (χ0) is 38.4. The van der Waals surface area contributed by atoms with Crippen LogP contribution < -0.4 is 4.74 Å². The van der Waals surface area contributed by atoms with Crippen LogP contribution in [0, 0.1) is 17.7 Å². The Hall–Kier alpha value is -2.71. The SMILES string of the molecule is CCCCCc1ccc(OC(=O)[C@H]2CC[C@H](C(F)(F)C(F)(F)C(F)(F)C(F)(F)C(F)(F)C(F)(F)C(F)(F)C(F)(F)C(F)(F)F)CC2)c(F)c1. The zero-order valence-corrected chi connectivity index (χ0v) is 24.4. The average molecular weight is 760 g/mol. The van der Waals surface area contributed by atoms with E-state index >= 15 is 0 Å². The van der Waals surface area contributed by atoms with Crippen molar-refractivity contribution >= 4 is 5.97 Å². The minimum atomic E-state index is -8.98. The summed E-state index contributed by atoms with van der Waals surface area (Å²) in [5, 5.41) is 0. The third-order valence-corrected chi connectivity index (χ3v) is 7.99. The van der Waals surface area contributed by atoms with Gasteiger partial charge in [0, 0.05) is 5.92 Å². The molecule has 0 bridgehead atoms. The Morgan fingerprint density at radius 2 is 1.06 bits per heavy atom. The smallest absolute Gasteiger partial charge is 0.423 e. The summed E-state index contributed by atoms with van der Waals surface area (Å²) in [7, 11) is 0. The number of alkyl halides is 19. The van der Waals surface area contributed by atoms with E-state index in [0.29, 0.717) is 18.4 Å². The first-order valence-corrected chi connectivity index (χ1v) is 13.9. The Morgan fingerprint density at radius 3 is 1.47 bits per heavy atom. The fourth-order valence-electron chi connectivity index (χ4n) is 4.87. The molecule has 1 fully saturated rings. The van der Waals surface area contributed by atoms with Crippen molar-refractivity contribution in [3.05, 3.63) is 29.6 Å². The van der Waals surface area contributed by atoms with Crippen molar-refractivity contribution in [1.82, 2.24) is 0 Å². The van der Waals surface area contributed by atoms with Gasteiger partial charge in [-0.1, -0.05) is 25.8 Å². The second-order valence-corrected chi connectivity index (χ2v) is 11.3. The van der Waals surface area contributed by atoms with Crippen LogP contribution in [0.5, 0.6) is 5.75 Å². The molecule has 0 aromatic heterocycles. The molecule has 1 saturated carbocycles. The van der Waals surface area contributed by atoms with Crippen LogP contribution in [0.3, 0.4) is 0 Å². The third-order valence-electron chi connectivity index (χ3n) is 7.99. The Labute approximate surface area is 263 Å². The van der Waals surface area contributed by atoms with Crippen molar-refractivity contribution in [3.8, 4) is 5.75 Å². The van der Waals surface area contributed by atoms with Crippen molar-refractivity contribution in [2.24, 2.45) is 11.8 Å². The van der Waals surface area contributed by atoms with E-state index in [0.717, 1.165) is 25.0 Å². The van der Waals surface area contributed by atoms with E-state index in [-0.39, 0.29) is 0 Å². The molecule has 1 aromatic carbocycles. The predicted molar refractivity (Wildman–Crippen MR) is 126 cm³/mol. The maximum absolute atomic E-state index is 14.7. The molecule has 0 saturated heterocycles. The summed E-state index contributed by atoms with van der Waals surface area (Å²) in [6, 6.07) is 3.37. The number of unbranched alkanes of at least 4 members (excludes halogenated alkanes) is 2. The number of carbonyl (C=O) groups is 1. The highest BCUT2D eigenvalue weighted by Crippen LogP contribution is 2.66. The Bertz CT molecular complexity index is 1310. The fraction of sp³-hybridized carbons (Fsp3) is 0.741. The molecular weight excluding hydrogens is 736 g/mol. The number of hydrogen-bond acceptors (Lipinski definition) is 2. The van der Waals surface area contributed by atoms with Crippen molar-refractivity contribution in [1.29, 1.82) is 0 Å². The van der Waals surface area contributed by atoms with Gasteiger partial charge in [0.2, 0.25) is 0 Å². The highest BCUT2D eigenvalue weighted by molar-refractivity contribution is 5.75. The average Bonchev–Trinajstić information content (AvgIpc) is 2.97. The van der Waals surface area contributed by atoms with E-state index in [4.69, 9.17) is 4.74 Å². The van der Waals surface area contributed by atoms with Gasteiger partial charge in [0.1, 0.15) is 0 Å². The van der Waals surface area contributed by atoms with E-state index < -0.39 is 109 Å². The lowest BCUT2D eigenvalue weighted by Crippen LogP contribution is -2.76. The van der Waals surface area contributed by atoms with Crippen molar-refractivity contribution in [3.63, 3.8) is 0 Å². The Kier molecular flexibility index (Phi) is 11.6. The molecular formula is C27H24F20O2. The number of carbonyl (C=O) groups excluding carboxylic acids is 1. The van der Waals surface area contributed by atoms with Gasteiger partial charge in [-0.25, -0.2) is 4.39 Å². The lowest BCUT2D eigenvalue weighted by Gasteiger charge is -2.45. The highest BCUT2D eigenvalue weighted by atomic mass is 19.4. The molecule has 22 heteroatoms. The van der Waals surface area contributed by atoms with Crippen LogP contribution >= 0.6 is 0 Å². The molecule has 1 aliphatic rings. The normalized spacial score (nSPS) is 19.6. The van der Waals surface area contributed by atoms with E-state index in [1.54, 1.807) is 0 Å². The summed E-state index contributed by atoms with van der Waals surface area (Å²) < 4.78 is 278. The van der Waals surface area contributed by atoms with Crippen LogP contribution in [0.4, 0.5) is 87.8 Å². The maximum atomic E-state index is 14.7. The summed E-state index contributed by atoms with van der Waals surface area (Å²) in [6.45, 7) is 1.90. The summed E-state index contributed by atoms with van der Waals surface area (Å²) in [6.07, 6.45) is -10.2. The minimum Gasteiger partial charge on any atom is -0.423 e. The van der Waals surface area contributed by atoms with Crippen LogP contribution in [-0.2, 0) is 11.2 Å². The zero-order valence-electron chi connectivity index (χ0n) is 24.4. The molecule has 284 valence electrons. The monoisotopic (exact) mass is 760 g/mol. The molecule has 49 heavy (non-hydrogen) atoms. The molecule has 0 amide bonds. The molecule has 0 unspecified atom stereocenters. The fourth-order valence-corrected chi connectivity index (χ4v) is 4.87. The van der Waals surface area contributed by atoms with E-state index in [9.17, 15) is 92.6 Å². The van der Waals surface area contributed by atoms with Gasteiger partial charge in [-0.05, 0) is 56.2 Å². The molecule has 2 nitrogen and oxygen atoms in total. The summed E-state index contributed by atoms with van der Waals surface area (Å²) in [4.78, 5) is 12.4. The molecule has 0 radical (unpaired) electrons. The largest absolute Gasteiger partial charge is 0.460 e. The van der Waals surface area contributed by atoms with Gasteiger partial charge < -0.3 is 4.74 Å². The van der Waals surface area contributed by atoms with Crippen molar-refractivity contribution in [2.75, 3.05) is 0 Å². The van der Waals surface area contributed by atoms with Gasteiger partial charge in [0.15, 0.2) is 11.6 Å². The molecule has 0 aliphatic heterocycles. The second-order valence-electron chi connectivity index (χ2n) is 11.3. The molecule has 1 aromatic rings. The minimum absolute atomic E-state index is 0.438. The number of rotatable bonds is 14. The van der Waals surface area contributed by atoms with Crippen LogP contribution in [0.25, 0.3) is 0 Å². The topological polar surface area (TPSA) is 26.3 Å². The van der Waals surface area contributed by atoms with Crippen molar-refractivity contribution < 1.29 is 97.3 Å². The van der Waals surface area contributed by atoms with E-state index in [1.807, 2.05) is 6.92 Å². The number of esters is 1. The number of benzene rings is 1. The molecule has 0 heterocycles. The Balaban J connectivity index is 2.29. The van der Waals surface area contributed by atoms with Gasteiger partial charge in [0.25, 0.3) is 0 Å². The lowest BCUT2D eigenvalue weighted by atomic mass is 9.75. The van der Waals surface area contributed by atoms with Gasteiger partial charge in [0.05, 0.1) is 5.92 Å². The van der Waals surface area contributed by atoms with Gasteiger partial charge >= 0.3 is 59.5 Å². The maximum Gasteiger partial charge on any atom is 0.460 e. The number of aryl methyl sites for hydroxylation is 1. The summed E-state index contributed by atoms with van der Waals surface area (Å²) in [5.74, 6) is -75.0.